The van der Waals surface area contributed by atoms with Crippen LogP contribution in [0.25, 0.3) is 0 Å². The highest BCUT2D eigenvalue weighted by Crippen LogP contribution is 2.13. The lowest BCUT2D eigenvalue weighted by Gasteiger charge is -2.07. The Labute approximate surface area is 99.4 Å². The topological polar surface area (TPSA) is 62.5 Å². The van der Waals surface area contributed by atoms with E-state index in [9.17, 15) is 4.79 Å². The average Bonchev–Trinajstić information content (AvgIpc) is 2.74. The predicted molar refractivity (Wildman–Crippen MR) is 64.5 cm³/mol. The van der Waals surface area contributed by atoms with Crippen LogP contribution in [0.5, 0.6) is 0 Å². The maximum Gasteiger partial charge on any atom is 0.287 e. The smallest absolute Gasteiger partial charge is 0.287 e. The van der Waals surface area contributed by atoms with Gasteiger partial charge >= 0.3 is 0 Å². The predicted octanol–water partition coefficient (Wildman–Crippen LogP) is 1.50. The third kappa shape index (κ3) is 3.90. The Morgan fingerprint density at radius 1 is 1.62 bits per heavy atom. The number of hydrogen-bond acceptors (Lipinski definition) is 4. The molecule has 0 aromatic carbocycles. The molecular formula is C11H17NO3S. The minimum absolute atomic E-state index is 0.0598. The number of nitrogens with one attached hydrogen (secondary N) is 1. The first-order valence-electron chi connectivity index (χ1n) is 5.14. The molecule has 0 fully saturated rings. The van der Waals surface area contributed by atoms with Crippen molar-refractivity contribution in [1.29, 1.82) is 0 Å². The first-order chi connectivity index (χ1) is 7.67. The van der Waals surface area contributed by atoms with E-state index in [1.807, 2.05) is 13.2 Å². The number of hydrogen-bond donors (Lipinski definition) is 2. The summed E-state index contributed by atoms with van der Waals surface area (Å²) in [5, 5.41) is 11.5. The van der Waals surface area contributed by atoms with Crippen LogP contribution in [0.2, 0.25) is 0 Å². The van der Waals surface area contributed by atoms with Crippen molar-refractivity contribution in [2.24, 2.45) is 5.92 Å². The van der Waals surface area contributed by atoms with Gasteiger partial charge in [0.1, 0.15) is 5.76 Å². The van der Waals surface area contributed by atoms with Gasteiger partial charge in [0.15, 0.2) is 5.76 Å². The molecule has 1 aromatic rings. The Hall–Kier alpha value is -0.940. The minimum atomic E-state index is -0.229. The molecule has 1 atom stereocenters. The summed E-state index contributed by atoms with van der Waals surface area (Å²) in [7, 11) is 0. The van der Waals surface area contributed by atoms with E-state index in [2.05, 4.69) is 5.32 Å². The lowest BCUT2D eigenvalue weighted by Crippen LogP contribution is -2.29. The fraction of sp³-hybridized carbons (Fsp3) is 0.545. The molecular weight excluding hydrogens is 226 g/mol. The van der Waals surface area contributed by atoms with Crippen LogP contribution >= 0.6 is 11.8 Å². The maximum absolute atomic E-state index is 11.6. The zero-order valence-electron chi connectivity index (χ0n) is 9.53. The lowest BCUT2D eigenvalue weighted by molar-refractivity contribution is 0.0913. The summed E-state index contributed by atoms with van der Waals surface area (Å²) < 4.78 is 5.36. The largest absolute Gasteiger partial charge is 0.455 e. The van der Waals surface area contributed by atoms with E-state index in [1.54, 1.807) is 23.9 Å². The summed E-state index contributed by atoms with van der Waals surface area (Å²) >= 11 is 1.64. The minimum Gasteiger partial charge on any atom is -0.455 e. The highest BCUT2D eigenvalue weighted by Gasteiger charge is 2.11. The van der Waals surface area contributed by atoms with Crippen LogP contribution in [0.3, 0.4) is 0 Å². The molecule has 90 valence electrons. The highest BCUT2D eigenvalue weighted by molar-refractivity contribution is 7.97. The summed E-state index contributed by atoms with van der Waals surface area (Å²) in [6.45, 7) is 2.38. The van der Waals surface area contributed by atoms with Crippen molar-refractivity contribution >= 4 is 17.7 Å². The summed E-state index contributed by atoms with van der Waals surface area (Å²) in [6.07, 6.45) is 1.98. The molecule has 2 N–H and O–H groups in total. The third-order valence-corrected chi connectivity index (χ3v) is 2.67. The fourth-order valence-electron chi connectivity index (χ4n) is 1.14. The van der Waals surface area contributed by atoms with Crippen LogP contribution in [0.1, 0.15) is 23.2 Å². The number of rotatable bonds is 6. The van der Waals surface area contributed by atoms with E-state index < -0.39 is 0 Å². The van der Waals surface area contributed by atoms with Gasteiger partial charge in [0.05, 0.1) is 5.75 Å². The molecule has 0 bridgehead atoms. The summed E-state index contributed by atoms with van der Waals surface area (Å²) in [5.41, 5.74) is 0. The molecule has 4 nitrogen and oxygen atoms in total. The van der Waals surface area contributed by atoms with Crippen LogP contribution in [-0.4, -0.2) is 30.4 Å². The zero-order valence-corrected chi connectivity index (χ0v) is 10.3. The Morgan fingerprint density at radius 2 is 2.38 bits per heavy atom. The first kappa shape index (κ1) is 13.1. The van der Waals surface area contributed by atoms with Gasteiger partial charge in [0.2, 0.25) is 0 Å². The normalized spacial score (nSPS) is 12.4. The van der Waals surface area contributed by atoms with Gasteiger partial charge in [-0.25, -0.2) is 0 Å². The second kappa shape index (κ2) is 6.60. The van der Waals surface area contributed by atoms with Crippen molar-refractivity contribution in [1.82, 2.24) is 5.32 Å². The molecule has 0 saturated heterocycles. The van der Waals surface area contributed by atoms with Crippen LogP contribution in [0, 0.1) is 5.92 Å². The van der Waals surface area contributed by atoms with E-state index in [0.717, 1.165) is 11.5 Å². The van der Waals surface area contributed by atoms with Gasteiger partial charge in [-0.05, 0) is 24.3 Å². The van der Waals surface area contributed by atoms with Crippen LogP contribution in [0.15, 0.2) is 16.5 Å². The molecule has 0 aliphatic rings. The molecule has 0 aliphatic heterocycles. The van der Waals surface area contributed by atoms with E-state index >= 15 is 0 Å². The monoisotopic (exact) mass is 243 g/mol. The molecule has 1 amide bonds. The number of furan rings is 1. The van der Waals surface area contributed by atoms with E-state index in [0.29, 0.717) is 12.3 Å². The van der Waals surface area contributed by atoms with Gasteiger partial charge in [-0.3, -0.25) is 4.79 Å². The molecule has 16 heavy (non-hydrogen) atoms. The van der Waals surface area contributed by atoms with Crippen molar-refractivity contribution < 1.29 is 14.3 Å². The van der Waals surface area contributed by atoms with Gasteiger partial charge in [-0.2, -0.15) is 11.8 Å². The second-order valence-electron chi connectivity index (χ2n) is 3.70. The molecule has 1 unspecified atom stereocenters. The Kier molecular flexibility index (Phi) is 5.42. The van der Waals surface area contributed by atoms with Crippen LogP contribution in [0.4, 0.5) is 0 Å². The quantitative estimate of drug-likeness (QED) is 0.795. The number of carbonyl (C=O) groups excluding carboxylic acids is 1. The highest BCUT2D eigenvalue weighted by atomic mass is 32.2. The van der Waals surface area contributed by atoms with Crippen LogP contribution in [-0.2, 0) is 5.75 Å². The molecule has 1 heterocycles. The molecule has 1 aromatic heterocycles. The number of amides is 1. The SMILES string of the molecule is CSCc1ccc(C(=O)NCC(C)CO)o1. The van der Waals surface area contributed by atoms with E-state index in [1.165, 1.54) is 0 Å². The van der Waals surface area contributed by atoms with Gasteiger partial charge in [0.25, 0.3) is 5.91 Å². The molecule has 5 heteroatoms. The number of thioether (sulfide) groups is 1. The third-order valence-electron chi connectivity index (χ3n) is 2.09. The van der Waals surface area contributed by atoms with Crippen molar-refractivity contribution in [3.8, 4) is 0 Å². The second-order valence-corrected chi connectivity index (χ2v) is 4.56. The number of aliphatic hydroxyl groups is 1. The zero-order chi connectivity index (χ0) is 12.0. The van der Waals surface area contributed by atoms with E-state index in [-0.39, 0.29) is 18.4 Å². The Balaban J connectivity index is 2.46. The van der Waals surface area contributed by atoms with Gasteiger partial charge in [-0.15, -0.1) is 0 Å². The Bertz CT molecular complexity index is 338. The van der Waals surface area contributed by atoms with Crippen molar-refractivity contribution in [2.45, 2.75) is 12.7 Å². The lowest BCUT2D eigenvalue weighted by atomic mass is 10.2. The summed E-state index contributed by atoms with van der Waals surface area (Å²) in [6, 6.07) is 3.48. The molecule has 0 spiro atoms. The first-order valence-corrected chi connectivity index (χ1v) is 6.53. The van der Waals surface area contributed by atoms with Crippen molar-refractivity contribution in [2.75, 3.05) is 19.4 Å². The number of carbonyl (C=O) groups is 1. The molecule has 1 rings (SSSR count). The van der Waals surface area contributed by atoms with Gasteiger partial charge in [-0.1, -0.05) is 6.92 Å². The van der Waals surface area contributed by atoms with Gasteiger partial charge in [0, 0.05) is 13.2 Å². The van der Waals surface area contributed by atoms with Gasteiger partial charge < -0.3 is 14.8 Å². The molecule has 0 radical (unpaired) electrons. The average molecular weight is 243 g/mol. The number of aliphatic hydroxyl groups excluding tert-OH is 1. The molecule has 0 aliphatic carbocycles. The fourth-order valence-corrected chi connectivity index (χ4v) is 1.58. The summed E-state index contributed by atoms with van der Waals surface area (Å²) in [4.78, 5) is 11.6. The van der Waals surface area contributed by atoms with Crippen LogP contribution < -0.4 is 5.32 Å². The van der Waals surface area contributed by atoms with Crippen molar-refractivity contribution in [3.63, 3.8) is 0 Å². The van der Waals surface area contributed by atoms with Crippen molar-refractivity contribution in [3.05, 3.63) is 23.7 Å². The van der Waals surface area contributed by atoms with E-state index in [4.69, 9.17) is 9.52 Å². The maximum atomic E-state index is 11.6. The molecule has 0 saturated carbocycles. The summed E-state index contributed by atoms with van der Waals surface area (Å²) in [5.74, 6) is 1.72. The standard InChI is InChI=1S/C11H17NO3S/c1-8(6-13)5-12-11(14)10-4-3-9(15-10)7-16-2/h3-4,8,13H,5-7H2,1-2H3,(H,12,14). The Morgan fingerprint density at radius 3 is 3.00 bits per heavy atom.